The smallest absolute Gasteiger partial charge is 0.157 e. The van der Waals surface area contributed by atoms with E-state index in [4.69, 9.17) is 4.55 Å². The average molecular weight is 288 g/mol. The largest absolute Gasteiger partial charge is 0.306 e. The van der Waals surface area contributed by atoms with Gasteiger partial charge in [-0.05, 0) is 16.7 Å². The van der Waals surface area contributed by atoms with E-state index in [1.807, 2.05) is 54.6 Å². The van der Waals surface area contributed by atoms with E-state index in [1.165, 1.54) is 0 Å². The van der Waals surface area contributed by atoms with E-state index >= 15 is 0 Å². The van der Waals surface area contributed by atoms with Crippen LogP contribution in [0.4, 0.5) is 0 Å². The van der Waals surface area contributed by atoms with Crippen molar-refractivity contribution in [1.29, 1.82) is 0 Å². The molecule has 4 heteroatoms. The number of rotatable bonds is 6. The first kappa shape index (κ1) is 14.6. The Morgan fingerprint density at radius 1 is 1.00 bits per heavy atom. The van der Waals surface area contributed by atoms with Crippen LogP contribution in [0, 0.1) is 0 Å². The fourth-order valence-electron chi connectivity index (χ4n) is 2.23. The van der Waals surface area contributed by atoms with Gasteiger partial charge in [-0.2, -0.15) is 0 Å². The van der Waals surface area contributed by atoms with Crippen LogP contribution in [0.5, 0.6) is 0 Å². The van der Waals surface area contributed by atoms with Crippen LogP contribution in [0.25, 0.3) is 0 Å². The number of aldehydes is 1. The molecule has 1 N–H and O–H groups in total. The quantitative estimate of drug-likeness (QED) is 0.656. The molecule has 0 amide bonds. The van der Waals surface area contributed by atoms with Crippen molar-refractivity contribution in [1.82, 2.24) is 0 Å². The summed E-state index contributed by atoms with van der Waals surface area (Å²) in [5.74, 6) is 0.159. The molecule has 104 valence electrons. The van der Waals surface area contributed by atoms with Crippen LogP contribution < -0.4 is 0 Å². The van der Waals surface area contributed by atoms with Gasteiger partial charge in [-0.3, -0.25) is 0 Å². The lowest BCUT2D eigenvalue weighted by atomic mass is 9.89. The zero-order valence-corrected chi connectivity index (χ0v) is 11.8. The van der Waals surface area contributed by atoms with Gasteiger partial charge >= 0.3 is 0 Å². The molecule has 2 aromatic carbocycles. The molecule has 0 spiro atoms. The minimum Gasteiger partial charge on any atom is -0.306 e. The summed E-state index contributed by atoms with van der Waals surface area (Å²) in [5, 5.41) is 0. The molecule has 0 saturated heterocycles. The molecule has 0 fully saturated rings. The predicted molar refractivity (Wildman–Crippen MR) is 79.9 cm³/mol. The van der Waals surface area contributed by atoms with Crippen molar-refractivity contribution in [2.24, 2.45) is 0 Å². The third kappa shape index (κ3) is 3.85. The normalized spacial score (nSPS) is 13.7. The van der Waals surface area contributed by atoms with Crippen molar-refractivity contribution in [3.05, 3.63) is 71.3 Å². The SMILES string of the molecule is O=CC[C@@H](c1ccccc1)c1ccc(CS(=O)O)cc1. The molecule has 3 nitrogen and oxygen atoms in total. The third-order valence-electron chi connectivity index (χ3n) is 3.21. The highest BCUT2D eigenvalue weighted by Gasteiger charge is 2.13. The molecule has 0 bridgehead atoms. The maximum absolute atomic E-state index is 10.9. The Morgan fingerprint density at radius 2 is 1.60 bits per heavy atom. The van der Waals surface area contributed by atoms with Gasteiger partial charge in [0.1, 0.15) is 6.29 Å². The summed E-state index contributed by atoms with van der Waals surface area (Å²) in [5.41, 5.74) is 2.95. The third-order valence-corrected chi connectivity index (χ3v) is 3.79. The Morgan fingerprint density at radius 3 is 2.15 bits per heavy atom. The van der Waals surface area contributed by atoms with E-state index in [-0.39, 0.29) is 11.7 Å². The molecule has 0 saturated carbocycles. The van der Waals surface area contributed by atoms with Crippen molar-refractivity contribution >= 4 is 17.4 Å². The summed E-state index contributed by atoms with van der Waals surface area (Å²) in [4.78, 5) is 10.9. The average Bonchev–Trinajstić information content (AvgIpc) is 2.46. The van der Waals surface area contributed by atoms with Crippen molar-refractivity contribution in [3.8, 4) is 0 Å². The predicted octanol–water partition coefficient (Wildman–Crippen LogP) is 3.13. The molecule has 2 aromatic rings. The summed E-state index contributed by atoms with van der Waals surface area (Å²) in [6, 6.07) is 17.4. The lowest BCUT2D eigenvalue weighted by molar-refractivity contribution is -0.108. The molecule has 0 radical (unpaired) electrons. The first-order valence-corrected chi connectivity index (χ1v) is 7.63. The maximum Gasteiger partial charge on any atom is 0.157 e. The Labute approximate surface area is 120 Å². The second kappa shape index (κ2) is 7.12. The van der Waals surface area contributed by atoms with E-state index in [0.717, 1.165) is 23.0 Å². The number of benzene rings is 2. The second-order valence-corrected chi connectivity index (χ2v) is 5.50. The number of hydrogen-bond donors (Lipinski definition) is 1. The van der Waals surface area contributed by atoms with E-state index in [9.17, 15) is 9.00 Å². The van der Waals surface area contributed by atoms with Crippen molar-refractivity contribution in [2.45, 2.75) is 18.1 Å². The van der Waals surface area contributed by atoms with Crippen LogP contribution in [-0.2, 0) is 21.6 Å². The van der Waals surface area contributed by atoms with Crippen LogP contribution in [0.1, 0.15) is 29.0 Å². The van der Waals surface area contributed by atoms with Gasteiger partial charge in [0.2, 0.25) is 0 Å². The zero-order valence-electron chi connectivity index (χ0n) is 10.9. The van der Waals surface area contributed by atoms with Crippen molar-refractivity contribution < 1.29 is 13.6 Å². The molecular weight excluding hydrogens is 272 g/mol. The van der Waals surface area contributed by atoms with Gasteiger partial charge in [-0.1, -0.05) is 54.6 Å². The lowest BCUT2D eigenvalue weighted by Crippen LogP contribution is -2.02. The van der Waals surface area contributed by atoms with Gasteiger partial charge in [0, 0.05) is 12.3 Å². The van der Waals surface area contributed by atoms with Gasteiger partial charge < -0.3 is 9.35 Å². The van der Waals surface area contributed by atoms with Gasteiger partial charge in [0.05, 0.1) is 5.75 Å². The molecule has 0 aliphatic carbocycles. The summed E-state index contributed by atoms with van der Waals surface area (Å²) in [6.07, 6.45) is 1.35. The second-order valence-electron chi connectivity index (χ2n) is 4.57. The first-order valence-electron chi connectivity index (χ1n) is 6.35. The van der Waals surface area contributed by atoms with Gasteiger partial charge in [-0.25, -0.2) is 4.21 Å². The standard InChI is InChI=1S/C16H16O3S/c17-11-10-16(14-4-2-1-3-5-14)15-8-6-13(7-9-15)12-20(18)19/h1-9,11,16H,10,12H2,(H,18,19)/t16-/m0/s1. The van der Waals surface area contributed by atoms with E-state index < -0.39 is 11.1 Å². The summed E-state index contributed by atoms with van der Waals surface area (Å²) >= 11 is -1.83. The minimum absolute atomic E-state index is 0.0300. The molecular formula is C16H16O3S. The molecule has 0 heterocycles. The van der Waals surface area contributed by atoms with Crippen LogP contribution >= 0.6 is 0 Å². The fourth-order valence-corrected chi connectivity index (χ4v) is 2.71. The van der Waals surface area contributed by atoms with Crippen LogP contribution in [-0.4, -0.2) is 15.0 Å². The Kier molecular flexibility index (Phi) is 5.21. The molecule has 0 aliphatic rings. The number of carbonyl (C=O) groups is 1. The topological polar surface area (TPSA) is 54.4 Å². The Hall–Kier alpha value is -1.78. The highest BCUT2D eigenvalue weighted by atomic mass is 32.2. The maximum atomic E-state index is 10.9. The Balaban J connectivity index is 2.26. The van der Waals surface area contributed by atoms with Gasteiger partial charge in [0.15, 0.2) is 11.1 Å². The van der Waals surface area contributed by atoms with E-state index in [1.54, 1.807) is 0 Å². The van der Waals surface area contributed by atoms with Crippen LogP contribution in [0.3, 0.4) is 0 Å². The van der Waals surface area contributed by atoms with Gasteiger partial charge in [-0.15, -0.1) is 0 Å². The minimum atomic E-state index is -1.83. The monoisotopic (exact) mass is 288 g/mol. The van der Waals surface area contributed by atoms with Crippen molar-refractivity contribution in [2.75, 3.05) is 0 Å². The fraction of sp³-hybridized carbons (Fsp3) is 0.188. The zero-order chi connectivity index (χ0) is 14.4. The Bertz CT molecular complexity index is 578. The van der Waals surface area contributed by atoms with E-state index in [2.05, 4.69) is 0 Å². The molecule has 1 unspecified atom stereocenters. The highest BCUT2D eigenvalue weighted by molar-refractivity contribution is 7.78. The highest BCUT2D eigenvalue weighted by Crippen LogP contribution is 2.27. The molecule has 0 aromatic heterocycles. The van der Waals surface area contributed by atoms with Gasteiger partial charge in [0.25, 0.3) is 0 Å². The van der Waals surface area contributed by atoms with Crippen LogP contribution in [0.15, 0.2) is 54.6 Å². The summed E-state index contributed by atoms with van der Waals surface area (Å²) < 4.78 is 19.6. The summed E-state index contributed by atoms with van der Waals surface area (Å²) in [7, 11) is 0. The van der Waals surface area contributed by atoms with Crippen molar-refractivity contribution in [3.63, 3.8) is 0 Å². The molecule has 20 heavy (non-hydrogen) atoms. The number of carbonyl (C=O) groups excluding carboxylic acids is 1. The number of hydrogen-bond acceptors (Lipinski definition) is 2. The molecule has 2 rings (SSSR count). The molecule has 0 aliphatic heterocycles. The lowest BCUT2D eigenvalue weighted by Gasteiger charge is -2.15. The molecule has 2 atom stereocenters. The summed E-state index contributed by atoms with van der Waals surface area (Å²) in [6.45, 7) is 0. The first-order chi connectivity index (χ1) is 9.70. The van der Waals surface area contributed by atoms with E-state index in [0.29, 0.717) is 6.42 Å². The van der Waals surface area contributed by atoms with Crippen LogP contribution in [0.2, 0.25) is 0 Å².